The molecule has 3 rings (SSSR count). The van der Waals surface area contributed by atoms with Crippen LogP contribution in [0.25, 0.3) is 0 Å². The van der Waals surface area contributed by atoms with Gasteiger partial charge in [-0.1, -0.05) is 18.9 Å². The van der Waals surface area contributed by atoms with Gasteiger partial charge in [-0.15, -0.1) is 0 Å². The van der Waals surface area contributed by atoms with Crippen LogP contribution in [-0.4, -0.2) is 17.6 Å². The molecule has 0 saturated heterocycles. The molecule has 1 heterocycles. The highest BCUT2D eigenvalue weighted by Crippen LogP contribution is 2.32. The van der Waals surface area contributed by atoms with Crippen molar-refractivity contribution >= 4 is 0 Å². The first-order chi connectivity index (χ1) is 8.42. The van der Waals surface area contributed by atoms with Gasteiger partial charge in [0, 0.05) is 24.3 Å². The van der Waals surface area contributed by atoms with Crippen molar-refractivity contribution in [2.45, 2.75) is 44.7 Å². The van der Waals surface area contributed by atoms with Crippen molar-refractivity contribution in [2.75, 3.05) is 6.61 Å². The van der Waals surface area contributed by atoms with E-state index in [9.17, 15) is 0 Å². The normalized spacial score (nSPS) is 19.3. The third-order valence-corrected chi connectivity index (χ3v) is 3.47. The highest BCUT2D eigenvalue weighted by atomic mass is 16.5. The summed E-state index contributed by atoms with van der Waals surface area (Å²) in [4.78, 5) is 4.33. The zero-order valence-corrected chi connectivity index (χ0v) is 10.2. The predicted octanol–water partition coefficient (Wildman–Crippen LogP) is 2.51. The molecule has 0 bridgehead atoms. The monoisotopic (exact) mass is 232 g/mol. The van der Waals surface area contributed by atoms with E-state index in [-0.39, 0.29) is 0 Å². The van der Waals surface area contributed by atoms with Gasteiger partial charge < -0.3 is 10.1 Å². The molecule has 0 aliphatic heterocycles. The smallest absolute Gasteiger partial charge is 0.217 e. The molecular formula is C14H20N2O. The molecule has 0 aromatic carbocycles. The molecule has 17 heavy (non-hydrogen) atoms. The fraction of sp³-hybridized carbons (Fsp3) is 0.643. The fourth-order valence-electron chi connectivity index (χ4n) is 1.96. The Bertz CT molecular complexity index is 372. The molecule has 0 atom stereocenters. The third kappa shape index (κ3) is 3.43. The van der Waals surface area contributed by atoms with E-state index in [1.807, 2.05) is 12.3 Å². The van der Waals surface area contributed by atoms with Gasteiger partial charge in [0.1, 0.15) is 0 Å². The Balaban J connectivity index is 1.52. The Morgan fingerprint density at radius 3 is 2.94 bits per heavy atom. The van der Waals surface area contributed by atoms with Crippen molar-refractivity contribution in [3.05, 3.63) is 23.9 Å². The number of hydrogen-bond donors (Lipinski definition) is 1. The van der Waals surface area contributed by atoms with Crippen molar-refractivity contribution in [3.8, 4) is 5.88 Å². The standard InChI is InChI=1S/C14H20N2O/c1-2-12(10-16-13-5-6-13)14(15-8-1)17-9-7-11-3-4-11/h1-2,8,11,13,16H,3-7,9-10H2. The number of ether oxygens (including phenoxy) is 1. The molecule has 1 aromatic rings. The summed E-state index contributed by atoms with van der Waals surface area (Å²) in [6.07, 6.45) is 8.42. The van der Waals surface area contributed by atoms with Crippen LogP contribution in [0.5, 0.6) is 5.88 Å². The molecule has 3 heteroatoms. The van der Waals surface area contributed by atoms with Crippen LogP contribution >= 0.6 is 0 Å². The number of aromatic nitrogens is 1. The molecule has 3 nitrogen and oxygen atoms in total. The number of pyridine rings is 1. The molecule has 2 aliphatic rings. The van der Waals surface area contributed by atoms with E-state index >= 15 is 0 Å². The molecular weight excluding hydrogens is 212 g/mol. The Hall–Kier alpha value is -1.09. The zero-order valence-electron chi connectivity index (χ0n) is 10.2. The SMILES string of the molecule is c1cnc(OCCC2CC2)c(CNC2CC2)c1. The largest absolute Gasteiger partial charge is 0.477 e. The van der Waals surface area contributed by atoms with E-state index in [4.69, 9.17) is 4.74 Å². The summed E-state index contributed by atoms with van der Waals surface area (Å²) in [5.41, 5.74) is 1.19. The predicted molar refractivity (Wildman–Crippen MR) is 66.9 cm³/mol. The van der Waals surface area contributed by atoms with Crippen molar-refractivity contribution in [1.29, 1.82) is 0 Å². The van der Waals surface area contributed by atoms with Crippen LogP contribution in [0.15, 0.2) is 18.3 Å². The summed E-state index contributed by atoms with van der Waals surface area (Å²) in [5, 5.41) is 3.50. The number of rotatable bonds is 7. The van der Waals surface area contributed by atoms with Gasteiger partial charge >= 0.3 is 0 Å². The van der Waals surface area contributed by atoms with E-state index in [1.165, 1.54) is 37.7 Å². The van der Waals surface area contributed by atoms with E-state index < -0.39 is 0 Å². The highest BCUT2D eigenvalue weighted by molar-refractivity contribution is 5.25. The van der Waals surface area contributed by atoms with Crippen LogP contribution in [0.2, 0.25) is 0 Å². The van der Waals surface area contributed by atoms with Crippen LogP contribution in [-0.2, 0) is 6.54 Å². The van der Waals surface area contributed by atoms with E-state index in [0.717, 1.165) is 31.0 Å². The lowest BCUT2D eigenvalue weighted by Crippen LogP contribution is -2.16. The van der Waals surface area contributed by atoms with Crippen LogP contribution in [0, 0.1) is 5.92 Å². The van der Waals surface area contributed by atoms with E-state index in [1.54, 1.807) is 0 Å². The number of nitrogens with zero attached hydrogens (tertiary/aromatic N) is 1. The van der Waals surface area contributed by atoms with Crippen LogP contribution < -0.4 is 10.1 Å². The Morgan fingerprint density at radius 1 is 1.29 bits per heavy atom. The molecule has 1 N–H and O–H groups in total. The zero-order chi connectivity index (χ0) is 11.5. The topological polar surface area (TPSA) is 34.1 Å². The average Bonchev–Trinajstić information content (AvgIpc) is 3.23. The van der Waals surface area contributed by atoms with Gasteiger partial charge in [-0.25, -0.2) is 4.98 Å². The lowest BCUT2D eigenvalue weighted by atomic mass is 10.2. The Kier molecular flexibility index (Phi) is 3.27. The van der Waals surface area contributed by atoms with Crippen molar-refractivity contribution < 1.29 is 4.74 Å². The molecule has 2 fully saturated rings. The summed E-state index contributed by atoms with van der Waals surface area (Å²) in [6.45, 7) is 1.70. The second-order valence-electron chi connectivity index (χ2n) is 5.20. The van der Waals surface area contributed by atoms with Gasteiger partial charge in [0.15, 0.2) is 0 Å². The first kappa shape index (κ1) is 11.0. The summed E-state index contributed by atoms with van der Waals surface area (Å²) in [5.74, 6) is 1.74. The van der Waals surface area contributed by atoms with Gasteiger partial charge in [-0.3, -0.25) is 0 Å². The second-order valence-corrected chi connectivity index (χ2v) is 5.20. The van der Waals surface area contributed by atoms with Gasteiger partial charge in [0.2, 0.25) is 5.88 Å². The van der Waals surface area contributed by atoms with Crippen molar-refractivity contribution in [1.82, 2.24) is 10.3 Å². The van der Waals surface area contributed by atoms with Crippen LogP contribution in [0.4, 0.5) is 0 Å². The maximum absolute atomic E-state index is 5.79. The number of nitrogens with one attached hydrogen (secondary N) is 1. The van der Waals surface area contributed by atoms with Gasteiger partial charge in [0.25, 0.3) is 0 Å². The minimum atomic E-state index is 0.731. The maximum Gasteiger partial charge on any atom is 0.217 e. The molecule has 92 valence electrons. The lowest BCUT2D eigenvalue weighted by Gasteiger charge is -2.10. The van der Waals surface area contributed by atoms with E-state index in [0.29, 0.717) is 0 Å². The van der Waals surface area contributed by atoms with Gasteiger partial charge in [-0.2, -0.15) is 0 Å². The molecule has 0 unspecified atom stereocenters. The second kappa shape index (κ2) is 5.05. The average molecular weight is 232 g/mol. The first-order valence-electron chi connectivity index (χ1n) is 6.72. The lowest BCUT2D eigenvalue weighted by molar-refractivity contribution is 0.287. The molecule has 0 amide bonds. The highest BCUT2D eigenvalue weighted by Gasteiger charge is 2.22. The van der Waals surface area contributed by atoms with Crippen LogP contribution in [0.1, 0.15) is 37.7 Å². The Morgan fingerprint density at radius 2 is 2.18 bits per heavy atom. The maximum atomic E-state index is 5.79. The minimum Gasteiger partial charge on any atom is -0.477 e. The fourth-order valence-corrected chi connectivity index (χ4v) is 1.96. The van der Waals surface area contributed by atoms with Gasteiger partial charge in [0.05, 0.1) is 6.61 Å². The molecule has 2 aliphatic carbocycles. The Labute approximate surface area is 103 Å². The van der Waals surface area contributed by atoms with E-state index in [2.05, 4.69) is 16.4 Å². The quantitative estimate of drug-likeness (QED) is 0.784. The third-order valence-electron chi connectivity index (χ3n) is 3.47. The molecule has 0 radical (unpaired) electrons. The van der Waals surface area contributed by atoms with Crippen molar-refractivity contribution in [2.24, 2.45) is 5.92 Å². The number of hydrogen-bond acceptors (Lipinski definition) is 3. The summed E-state index contributed by atoms with van der Waals surface area (Å²) < 4.78 is 5.79. The molecule has 2 saturated carbocycles. The van der Waals surface area contributed by atoms with Gasteiger partial charge in [-0.05, 0) is 31.2 Å². The first-order valence-corrected chi connectivity index (χ1v) is 6.72. The van der Waals surface area contributed by atoms with Crippen molar-refractivity contribution in [3.63, 3.8) is 0 Å². The summed E-state index contributed by atoms with van der Waals surface area (Å²) >= 11 is 0. The molecule has 1 aromatic heterocycles. The summed E-state index contributed by atoms with van der Waals surface area (Å²) in [6, 6.07) is 4.82. The summed E-state index contributed by atoms with van der Waals surface area (Å²) in [7, 11) is 0. The molecule has 0 spiro atoms. The minimum absolute atomic E-state index is 0.731. The van der Waals surface area contributed by atoms with Crippen LogP contribution in [0.3, 0.4) is 0 Å².